The molecule has 0 aromatic rings. The van der Waals surface area contributed by atoms with Gasteiger partial charge in [-0.05, 0) is 39.3 Å². The first kappa shape index (κ1) is 13.2. The molecule has 0 spiro atoms. The highest BCUT2D eigenvalue weighted by atomic mass is 16.3. The van der Waals surface area contributed by atoms with Gasteiger partial charge in [0.25, 0.3) is 11.8 Å². The van der Waals surface area contributed by atoms with Gasteiger partial charge < -0.3 is 10.0 Å². The number of carbonyl (C=O) groups excluding carboxylic acids is 2. The molecule has 2 rings (SSSR count). The average molecular weight is 252 g/mol. The highest BCUT2D eigenvalue weighted by Crippen LogP contribution is 2.47. The van der Waals surface area contributed by atoms with E-state index in [4.69, 9.17) is 0 Å². The quantitative estimate of drug-likeness (QED) is 0.700. The Kier molecular flexibility index (Phi) is 3.54. The minimum absolute atomic E-state index is 0.000981. The number of amides is 2. The molecule has 0 bridgehead atoms. The Hall–Kier alpha value is -1.20. The molecule has 5 nitrogen and oxygen atoms in total. The Balaban J connectivity index is 2.22. The molecular weight excluding hydrogens is 232 g/mol. The predicted octanol–water partition coefficient (Wildman–Crippen LogP) is 0.00420. The summed E-state index contributed by atoms with van der Waals surface area (Å²) in [5, 5.41) is 9.27. The average Bonchev–Trinajstić information content (AvgIpc) is 2.62. The van der Waals surface area contributed by atoms with Crippen LogP contribution in [0.2, 0.25) is 0 Å². The lowest BCUT2D eigenvalue weighted by Crippen LogP contribution is -2.64. The topological polar surface area (TPSA) is 60.9 Å². The molecule has 0 aromatic heterocycles. The van der Waals surface area contributed by atoms with Gasteiger partial charge >= 0.3 is 0 Å². The van der Waals surface area contributed by atoms with E-state index in [1.807, 2.05) is 14.1 Å². The summed E-state index contributed by atoms with van der Waals surface area (Å²) in [7, 11) is 3.96. The maximum atomic E-state index is 11.9. The van der Waals surface area contributed by atoms with Gasteiger partial charge in [-0.3, -0.25) is 14.5 Å². The van der Waals surface area contributed by atoms with Crippen LogP contribution in [-0.2, 0) is 9.59 Å². The standard InChI is InChI=1S/C13H20N2O3/c1-14(2)9-10-5-6-13(10,7-8-16)15-11(17)3-4-12(15)18/h3-4,10,16H,5-9H2,1-2H3. The second kappa shape index (κ2) is 4.82. The van der Waals surface area contributed by atoms with Gasteiger partial charge in [-0.15, -0.1) is 0 Å². The Bertz CT molecular complexity index is 374. The zero-order valence-corrected chi connectivity index (χ0v) is 10.9. The largest absolute Gasteiger partial charge is 0.396 e. The molecule has 1 fully saturated rings. The molecule has 0 aromatic carbocycles. The van der Waals surface area contributed by atoms with Crippen LogP contribution in [0.3, 0.4) is 0 Å². The van der Waals surface area contributed by atoms with Gasteiger partial charge in [-0.1, -0.05) is 0 Å². The molecule has 1 aliphatic heterocycles. The van der Waals surface area contributed by atoms with E-state index >= 15 is 0 Å². The molecule has 1 N–H and O–H groups in total. The van der Waals surface area contributed by atoms with Crippen molar-refractivity contribution in [2.24, 2.45) is 5.92 Å². The Morgan fingerprint density at radius 1 is 1.39 bits per heavy atom. The molecule has 1 heterocycles. The van der Waals surface area contributed by atoms with Crippen LogP contribution in [0.5, 0.6) is 0 Å². The SMILES string of the molecule is CN(C)CC1CCC1(CCO)N1C(=O)C=CC1=O. The van der Waals surface area contributed by atoms with Crippen molar-refractivity contribution in [1.29, 1.82) is 0 Å². The fourth-order valence-electron chi connectivity index (χ4n) is 3.15. The van der Waals surface area contributed by atoms with Crippen molar-refractivity contribution in [1.82, 2.24) is 9.80 Å². The van der Waals surface area contributed by atoms with Crippen LogP contribution >= 0.6 is 0 Å². The van der Waals surface area contributed by atoms with Gasteiger partial charge in [0, 0.05) is 25.3 Å². The number of carbonyl (C=O) groups is 2. The van der Waals surface area contributed by atoms with E-state index in [0.29, 0.717) is 6.42 Å². The molecule has 2 unspecified atom stereocenters. The van der Waals surface area contributed by atoms with Crippen LogP contribution in [0, 0.1) is 5.92 Å². The van der Waals surface area contributed by atoms with E-state index in [1.54, 1.807) is 0 Å². The summed E-state index contributed by atoms with van der Waals surface area (Å²) in [5.41, 5.74) is -0.476. The van der Waals surface area contributed by atoms with Crippen LogP contribution in [0.25, 0.3) is 0 Å². The Morgan fingerprint density at radius 2 is 2.00 bits per heavy atom. The van der Waals surface area contributed by atoms with Gasteiger partial charge in [-0.25, -0.2) is 0 Å². The number of aliphatic hydroxyl groups is 1. The monoisotopic (exact) mass is 252 g/mol. The van der Waals surface area contributed by atoms with Crippen molar-refractivity contribution in [3.8, 4) is 0 Å². The van der Waals surface area contributed by atoms with E-state index in [1.165, 1.54) is 17.1 Å². The predicted molar refractivity (Wildman–Crippen MR) is 66.7 cm³/mol. The summed E-state index contributed by atoms with van der Waals surface area (Å²) in [4.78, 5) is 27.1. The van der Waals surface area contributed by atoms with E-state index in [-0.39, 0.29) is 24.3 Å². The van der Waals surface area contributed by atoms with E-state index in [2.05, 4.69) is 4.90 Å². The van der Waals surface area contributed by atoms with Gasteiger partial charge in [0.05, 0.1) is 5.54 Å². The summed E-state index contributed by atoms with van der Waals surface area (Å²) in [6, 6.07) is 0. The number of imide groups is 1. The first-order valence-electron chi connectivity index (χ1n) is 6.33. The van der Waals surface area contributed by atoms with Gasteiger partial charge in [0.2, 0.25) is 0 Å². The van der Waals surface area contributed by atoms with Gasteiger partial charge in [0.15, 0.2) is 0 Å². The maximum Gasteiger partial charge on any atom is 0.254 e. The van der Waals surface area contributed by atoms with Crippen LogP contribution in [0.4, 0.5) is 0 Å². The first-order chi connectivity index (χ1) is 8.51. The third kappa shape index (κ3) is 1.97. The minimum atomic E-state index is -0.476. The molecule has 1 saturated carbocycles. The van der Waals surface area contributed by atoms with Crippen molar-refractivity contribution < 1.29 is 14.7 Å². The molecule has 5 heteroatoms. The third-order valence-electron chi connectivity index (χ3n) is 4.07. The minimum Gasteiger partial charge on any atom is -0.396 e. The molecule has 18 heavy (non-hydrogen) atoms. The lowest BCUT2D eigenvalue weighted by Gasteiger charge is -2.54. The van der Waals surface area contributed by atoms with Crippen molar-refractivity contribution in [2.45, 2.75) is 24.8 Å². The second-order valence-corrected chi connectivity index (χ2v) is 5.42. The van der Waals surface area contributed by atoms with Crippen LogP contribution in [0.15, 0.2) is 12.2 Å². The van der Waals surface area contributed by atoms with E-state index in [9.17, 15) is 14.7 Å². The first-order valence-corrected chi connectivity index (χ1v) is 6.33. The van der Waals surface area contributed by atoms with Gasteiger partial charge in [-0.2, -0.15) is 0 Å². The zero-order chi connectivity index (χ0) is 13.3. The van der Waals surface area contributed by atoms with Crippen molar-refractivity contribution in [3.05, 3.63) is 12.2 Å². The normalized spacial score (nSPS) is 31.3. The van der Waals surface area contributed by atoms with E-state index in [0.717, 1.165) is 19.4 Å². The Labute approximate surface area is 107 Å². The molecule has 2 aliphatic rings. The highest BCUT2D eigenvalue weighted by molar-refractivity contribution is 6.13. The van der Waals surface area contributed by atoms with Gasteiger partial charge in [0.1, 0.15) is 0 Å². The number of aliphatic hydroxyl groups excluding tert-OH is 1. The smallest absolute Gasteiger partial charge is 0.254 e. The van der Waals surface area contributed by atoms with Crippen LogP contribution < -0.4 is 0 Å². The number of hydrogen-bond acceptors (Lipinski definition) is 4. The van der Waals surface area contributed by atoms with Crippen molar-refractivity contribution >= 4 is 11.8 Å². The zero-order valence-electron chi connectivity index (χ0n) is 10.9. The molecular formula is C13H20N2O3. The third-order valence-corrected chi connectivity index (χ3v) is 4.07. The fraction of sp³-hybridized carbons (Fsp3) is 0.692. The maximum absolute atomic E-state index is 11.9. The second-order valence-electron chi connectivity index (χ2n) is 5.42. The summed E-state index contributed by atoms with van der Waals surface area (Å²) in [5.74, 6) is -0.221. The molecule has 2 atom stereocenters. The fourth-order valence-corrected chi connectivity index (χ4v) is 3.15. The Morgan fingerprint density at radius 3 is 2.39 bits per heavy atom. The summed E-state index contributed by atoms with van der Waals surface area (Å²) in [6.07, 6.45) is 4.92. The van der Waals surface area contributed by atoms with Crippen molar-refractivity contribution in [3.63, 3.8) is 0 Å². The highest BCUT2D eigenvalue weighted by Gasteiger charge is 2.54. The van der Waals surface area contributed by atoms with Crippen LogP contribution in [0.1, 0.15) is 19.3 Å². The summed E-state index contributed by atoms with van der Waals surface area (Å²) >= 11 is 0. The summed E-state index contributed by atoms with van der Waals surface area (Å²) < 4.78 is 0. The molecule has 1 aliphatic carbocycles. The number of nitrogens with zero attached hydrogens (tertiary/aromatic N) is 2. The number of hydrogen-bond donors (Lipinski definition) is 1. The van der Waals surface area contributed by atoms with E-state index < -0.39 is 5.54 Å². The van der Waals surface area contributed by atoms with Crippen LogP contribution in [-0.4, -0.2) is 59.5 Å². The molecule has 2 amide bonds. The van der Waals surface area contributed by atoms with Crippen molar-refractivity contribution in [2.75, 3.05) is 27.2 Å². The molecule has 100 valence electrons. The lowest BCUT2D eigenvalue weighted by molar-refractivity contribution is -0.155. The molecule has 0 saturated heterocycles. The summed E-state index contributed by atoms with van der Waals surface area (Å²) in [6.45, 7) is 0.831. The lowest BCUT2D eigenvalue weighted by atomic mass is 9.63. The number of rotatable bonds is 5. The molecule has 0 radical (unpaired) electrons.